The summed E-state index contributed by atoms with van der Waals surface area (Å²) in [4.78, 5) is 42.4. The van der Waals surface area contributed by atoms with Gasteiger partial charge in [0.05, 0.1) is 7.11 Å². The molecule has 4 unspecified atom stereocenters. The van der Waals surface area contributed by atoms with Gasteiger partial charge in [0.25, 0.3) is 5.91 Å². The SMILES string of the molecule is COc1ccnc(C(=O)NC2CCCC(Cc3ccc(Cl)cc3)C(C3CCCC3)C(C)OC2=O)c1OC(C)=O. The van der Waals surface area contributed by atoms with Crippen molar-refractivity contribution in [1.29, 1.82) is 0 Å². The normalized spacial score (nSPS) is 24.2. The summed E-state index contributed by atoms with van der Waals surface area (Å²) >= 11 is 6.12. The third kappa shape index (κ3) is 7.29. The number of nitrogens with one attached hydrogen (secondary N) is 1. The molecule has 2 aromatic rings. The van der Waals surface area contributed by atoms with Crippen LogP contribution in [0.1, 0.15) is 74.8 Å². The molecule has 2 aliphatic rings. The second kappa shape index (κ2) is 13.3. The van der Waals surface area contributed by atoms with Gasteiger partial charge < -0.3 is 19.5 Å². The number of cyclic esters (lactones) is 1. The summed E-state index contributed by atoms with van der Waals surface area (Å²) in [6.45, 7) is 3.22. The fraction of sp³-hybridized carbons (Fsp3) is 0.533. The number of aromatic nitrogens is 1. The maximum absolute atomic E-state index is 13.4. The fourth-order valence-corrected chi connectivity index (χ4v) is 6.37. The number of rotatable bonds is 7. The summed E-state index contributed by atoms with van der Waals surface area (Å²) in [5, 5.41) is 3.50. The lowest BCUT2D eigenvalue weighted by atomic mass is 9.73. The van der Waals surface area contributed by atoms with Gasteiger partial charge in [0.2, 0.25) is 5.75 Å². The summed E-state index contributed by atoms with van der Waals surface area (Å²) in [6, 6.07) is 8.63. The maximum atomic E-state index is 13.4. The van der Waals surface area contributed by atoms with Crippen LogP contribution in [0.4, 0.5) is 0 Å². The Bertz CT molecular complexity index is 1160. The number of methoxy groups -OCH3 is 1. The van der Waals surface area contributed by atoms with Gasteiger partial charge in [0, 0.05) is 30.1 Å². The predicted molar refractivity (Wildman–Crippen MR) is 147 cm³/mol. The highest BCUT2D eigenvalue weighted by Crippen LogP contribution is 2.42. The number of benzene rings is 1. The van der Waals surface area contributed by atoms with Crippen molar-refractivity contribution < 1.29 is 28.6 Å². The summed E-state index contributed by atoms with van der Waals surface area (Å²) < 4.78 is 16.5. The van der Waals surface area contributed by atoms with Crippen molar-refractivity contribution in [2.75, 3.05) is 7.11 Å². The molecule has 1 amide bonds. The highest BCUT2D eigenvalue weighted by Gasteiger charge is 2.39. The van der Waals surface area contributed by atoms with Crippen LogP contribution in [0.15, 0.2) is 36.5 Å². The molecule has 1 saturated heterocycles. The zero-order valence-electron chi connectivity index (χ0n) is 22.8. The van der Waals surface area contributed by atoms with Crippen molar-refractivity contribution in [3.05, 3.63) is 52.8 Å². The Hall–Kier alpha value is -3.13. The number of ether oxygens (including phenoxy) is 3. The van der Waals surface area contributed by atoms with E-state index in [1.165, 1.54) is 44.7 Å². The quantitative estimate of drug-likeness (QED) is 0.446. The Morgan fingerprint density at radius 1 is 1.08 bits per heavy atom. The number of hydrogen-bond donors (Lipinski definition) is 1. The lowest BCUT2D eigenvalue weighted by Gasteiger charge is -2.35. The third-order valence-electron chi connectivity index (χ3n) is 7.95. The Kier molecular flexibility index (Phi) is 9.83. The Morgan fingerprint density at radius 3 is 2.46 bits per heavy atom. The van der Waals surface area contributed by atoms with Gasteiger partial charge in [-0.1, -0.05) is 55.8 Å². The Balaban J connectivity index is 1.55. The largest absolute Gasteiger partial charge is 0.493 e. The molecule has 1 aromatic heterocycles. The summed E-state index contributed by atoms with van der Waals surface area (Å²) in [7, 11) is 1.41. The number of nitrogens with zero attached hydrogens (tertiary/aromatic N) is 1. The first kappa shape index (κ1) is 28.9. The molecular weight excluding hydrogens is 520 g/mol. The van der Waals surface area contributed by atoms with Crippen molar-refractivity contribution in [3.63, 3.8) is 0 Å². The molecule has 0 radical (unpaired) electrons. The van der Waals surface area contributed by atoms with E-state index in [1.54, 1.807) is 0 Å². The molecule has 4 atom stereocenters. The van der Waals surface area contributed by atoms with Gasteiger partial charge in [0.1, 0.15) is 12.1 Å². The Labute approximate surface area is 234 Å². The first-order chi connectivity index (χ1) is 18.8. The highest BCUT2D eigenvalue weighted by molar-refractivity contribution is 6.30. The molecule has 4 rings (SSSR count). The van der Waals surface area contributed by atoms with E-state index >= 15 is 0 Å². The zero-order valence-corrected chi connectivity index (χ0v) is 23.5. The Morgan fingerprint density at radius 2 is 1.79 bits per heavy atom. The van der Waals surface area contributed by atoms with E-state index in [0.29, 0.717) is 23.3 Å². The molecule has 8 nitrogen and oxygen atoms in total. The first-order valence-corrected chi connectivity index (χ1v) is 14.1. The number of amides is 1. The van der Waals surface area contributed by atoms with Gasteiger partial charge in [-0.05, 0) is 55.7 Å². The van der Waals surface area contributed by atoms with E-state index in [2.05, 4.69) is 22.4 Å². The smallest absolute Gasteiger partial charge is 0.328 e. The van der Waals surface area contributed by atoms with Gasteiger partial charge in [-0.25, -0.2) is 9.78 Å². The van der Waals surface area contributed by atoms with Crippen LogP contribution in [0, 0.1) is 17.8 Å². The lowest BCUT2D eigenvalue weighted by molar-refractivity contribution is -0.155. The number of esters is 2. The van der Waals surface area contributed by atoms with E-state index < -0.39 is 23.9 Å². The molecule has 2 heterocycles. The van der Waals surface area contributed by atoms with Crippen molar-refractivity contribution in [1.82, 2.24) is 10.3 Å². The highest BCUT2D eigenvalue weighted by atomic mass is 35.5. The van der Waals surface area contributed by atoms with Gasteiger partial charge in [0.15, 0.2) is 11.4 Å². The van der Waals surface area contributed by atoms with Crippen LogP contribution in [0.2, 0.25) is 5.02 Å². The van der Waals surface area contributed by atoms with Crippen molar-refractivity contribution in [2.24, 2.45) is 17.8 Å². The number of carbonyl (C=O) groups is 3. The van der Waals surface area contributed by atoms with Crippen LogP contribution >= 0.6 is 11.6 Å². The number of carbonyl (C=O) groups excluding carboxylic acids is 3. The average Bonchev–Trinajstić information content (AvgIpc) is 3.44. The minimum absolute atomic E-state index is 0.0841. The standard InChI is InChI=1S/C30H37ClN2O6/c1-18-26(21-7-4-5-8-21)22(17-20-11-13-23(31)14-12-20)9-6-10-24(30(36)38-18)33-29(35)27-28(39-19(2)34)25(37-3)15-16-32-27/h11-16,18,21-22,24,26H,4-10,17H2,1-3H3,(H,33,35). The number of hydrogen-bond acceptors (Lipinski definition) is 7. The molecule has 1 aliphatic carbocycles. The zero-order chi connectivity index (χ0) is 27.9. The molecule has 1 aromatic carbocycles. The van der Waals surface area contributed by atoms with Gasteiger partial charge in [-0.2, -0.15) is 0 Å². The minimum Gasteiger partial charge on any atom is -0.493 e. The molecular formula is C30H37ClN2O6. The van der Waals surface area contributed by atoms with E-state index in [9.17, 15) is 14.4 Å². The molecule has 1 saturated carbocycles. The summed E-state index contributed by atoms with van der Waals surface area (Å²) in [5.74, 6) is -0.523. The van der Waals surface area contributed by atoms with E-state index in [4.69, 9.17) is 25.8 Å². The predicted octanol–water partition coefficient (Wildman–Crippen LogP) is 5.55. The minimum atomic E-state index is -0.850. The molecule has 1 N–H and O–H groups in total. The van der Waals surface area contributed by atoms with Crippen LogP contribution in [-0.4, -0.2) is 42.1 Å². The van der Waals surface area contributed by atoms with Gasteiger partial charge >= 0.3 is 11.9 Å². The molecule has 2 fully saturated rings. The summed E-state index contributed by atoms with van der Waals surface area (Å²) in [5.41, 5.74) is 1.09. The number of halogens is 1. The van der Waals surface area contributed by atoms with E-state index in [0.717, 1.165) is 32.1 Å². The van der Waals surface area contributed by atoms with Gasteiger partial charge in [-0.15, -0.1) is 0 Å². The van der Waals surface area contributed by atoms with Crippen molar-refractivity contribution >= 4 is 29.4 Å². The topological polar surface area (TPSA) is 104 Å². The van der Waals surface area contributed by atoms with E-state index in [1.807, 2.05) is 19.1 Å². The molecule has 1 aliphatic heterocycles. The molecule has 0 bridgehead atoms. The van der Waals surface area contributed by atoms with Crippen LogP contribution in [0.3, 0.4) is 0 Å². The first-order valence-electron chi connectivity index (χ1n) is 13.7. The maximum Gasteiger partial charge on any atom is 0.328 e. The molecule has 210 valence electrons. The molecule has 9 heteroatoms. The molecule has 39 heavy (non-hydrogen) atoms. The molecule has 0 spiro atoms. The average molecular weight is 557 g/mol. The summed E-state index contributed by atoms with van der Waals surface area (Å²) in [6.07, 6.45) is 8.76. The van der Waals surface area contributed by atoms with Crippen LogP contribution < -0.4 is 14.8 Å². The monoisotopic (exact) mass is 556 g/mol. The van der Waals surface area contributed by atoms with Crippen LogP contribution in [0.5, 0.6) is 11.5 Å². The third-order valence-corrected chi connectivity index (χ3v) is 8.20. The number of pyridine rings is 1. The second-order valence-corrected chi connectivity index (χ2v) is 11.0. The van der Waals surface area contributed by atoms with Crippen LogP contribution in [0.25, 0.3) is 0 Å². The van der Waals surface area contributed by atoms with Crippen molar-refractivity contribution in [2.45, 2.75) is 77.4 Å². The van der Waals surface area contributed by atoms with E-state index in [-0.39, 0.29) is 29.2 Å². The van der Waals surface area contributed by atoms with Crippen molar-refractivity contribution in [3.8, 4) is 11.5 Å². The fourth-order valence-electron chi connectivity index (χ4n) is 6.25. The van der Waals surface area contributed by atoms with Crippen LogP contribution in [-0.2, 0) is 20.7 Å². The lowest BCUT2D eigenvalue weighted by Crippen LogP contribution is -2.44. The second-order valence-electron chi connectivity index (χ2n) is 10.6. The van der Waals surface area contributed by atoms with Gasteiger partial charge in [-0.3, -0.25) is 9.59 Å².